The van der Waals surface area contributed by atoms with E-state index in [4.69, 9.17) is 4.98 Å². The number of fused-ring (bicyclic) bond motifs is 1. The summed E-state index contributed by atoms with van der Waals surface area (Å²) in [6, 6.07) is 7.62. The number of benzene rings is 1. The van der Waals surface area contributed by atoms with Gasteiger partial charge in [-0.1, -0.05) is 30.3 Å². The topological polar surface area (TPSA) is 38.1 Å². The Morgan fingerprint density at radius 3 is 2.73 bits per heavy atom. The summed E-state index contributed by atoms with van der Waals surface area (Å²) in [7, 11) is 0. The average molecular weight is 317 g/mol. The molecule has 0 spiro atoms. The quantitative estimate of drug-likeness (QED) is 0.628. The Morgan fingerprint density at radius 2 is 1.95 bits per heavy atom. The highest BCUT2D eigenvalue weighted by atomic mass is 32.2. The fourth-order valence-electron chi connectivity index (χ4n) is 2.99. The molecular weight excluding hydrogens is 294 g/mol. The lowest BCUT2D eigenvalue weighted by molar-refractivity contribution is 0.242. The van der Waals surface area contributed by atoms with Gasteiger partial charge in [-0.3, -0.25) is 9.36 Å². The molecule has 0 atom stereocenters. The fraction of sp³-hybridized carbons (Fsp3) is 0.529. The monoisotopic (exact) mass is 317 g/mol. The molecule has 0 saturated carbocycles. The molecule has 0 unspecified atom stereocenters. The molecule has 1 aliphatic heterocycles. The highest BCUT2D eigenvalue weighted by molar-refractivity contribution is 7.99. The van der Waals surface area contributed by atoms with Gasteiger partial charge in [0.2, 0.25) is 0 Å². The Kier molecular flexibility index (Phi) is 5.16. The van der Waals surface area contributed by atoms with E-state index in [0.717, 1.165) is 23.0 Å². The molecule has 0 amide bonds. The van der Waals surface area contributed by atoms with Crippen LogP contribution >= 0.6 is 11.8 Å². The van der Waals surface area contributed by atoms with Gasteiger partial charge >= 0.3 is 0 Å². The van der Waals surface area contributed by atoms with Gasteiger partial charge in [-0.25, -0.2) is 4.98 Å². The lowest BCUT2D eigenvalue weighted by Gasteiger charge is -2.26. The molecular formula is C17H23N3OS. The van der Waals surface area contributed by atoms with Crippen LogP contribution in [0.3, 0.4) is 0 Å². The Balaban J connectivity index is 1.76. The molecule has 1 fully saturated rings. The van der Waals surface area contributed by atoms with Crippen molar-refractivity contribution in [2.45, 2.75) is 37.9 Å². The maximum atomic E-state index is 12.5. The second-order valence-electron chi connectivity index (χ2n) is 5.71. The number of rotatable bonds is 5. The van der Waals surface area contributed by atoms with Crippen LogP contribution in [0, 0.1) is 0 Å². The number of hydrogen-bond acceptors (Lipinski definition) is 4. The fourth-order valence-corrected chi connectivity index (χ4v) is 4.05. The normalized spacial score (nSPS) is 16.2. The summed E-state index contributed by atoms with van der Waals surface area (Å²) in [6.07, 6.45) is 4.00. The lowest BCUT2D eigenvalue weighted by atomic mass is 10.1. The number of likely N-dealkylation sites (tertiary alicyclic amines) is 1. The molecule has 2 heterocycles. The predicted octanol–water partition coefficient (Wildman–Crippen LogP) is 2.99. The van der Waals surface area contributed by atoms with E-state index >= 15 is 0 Å². The van der Waals surface area contributed by atoms with E-state index in [1.807, 2.05) is 31.2 Å². The van der Waals surface area contributed by atoms with Crippen molar-refractivity contribution in [1.82, 2.24) is 14.5 Å². The second kappa shape index (κ2) is 7.29. The predicted molar refractivity (Wildman–Crippen MR) is 92.7 cm³/mol. The largest absolute Gasteiger partial charge is 0.303 e. The van der Waals surface area contributed by atoms with Gasteiger partial charge in [0.1, 0.15) is 0 Å². The smallest absolute Gasteiger partial charge is 0.262 e. The minimum absolute atomic E-state index is 0.0774. The van der Waals surface area contributed by atoms with Crippen LogP contribution in [0.1, 0.15) is 26.2 Å². The first-order chi connectivity index (χ1) is 10.8. The van der Waals surface area contributed by atoms with Gasteiger partial charge in [-0.05, 0) is 45.0 Å². The average Bonchev–Trinajstić information content (AvgIpc) is 2.56. The van der Waals surface area contributed by atoms with Crippen LogP contribution < -0.4 is 5.56 Å². The second-order valence-corrected chi connectivity index (χ2v) is 6.77. The van der Waals surface area contributed by atoms with Crippen LogP contribution in [0.5, 0.6) is 0 Å². The summed E-state index contributed by atoms with van der Waals surface area (Å²) in [6.45, 7) is 6.19. The molecule has 4 nitrogen and oxygen atoms in total. The van der Waals surface area contributed by atoms with E-state index in [2.05, 4.69) is 4.90 Å². The minimum Gasteiger partial charge on any atom is -0.303 e. The van der Waals surface area contributed by atoms with Gasteiger partial charge in [-0.15, -0.1) is 0 Å². The van der Waals surface area contributed by atoms with E-state index in [1.54, 1.807) is 16.3 Å². The number of aromatic nitrogens is 2. The zero-order valence-corrected chi connectivity index (χ0v) is 13.9. The summed E-state index contributed by atoms with van der Waals surface area (Å²) < 4.78 is 1.79. The first-order valence-corrected chi connectivity index (χ1v) is 9.13. The van der Waals surface area contributed by atoms with Crippen molar-refractivity contribution in [3.8, 4) is 0 Å². The van der Waals surface area contributed by atoms with Crippen molar-refractivity contribution in [3.05, 3.63) is 34.6 Å². The Morgan fingerprint density at radius 1 is 1.18 bits per heavy atom. The molecule has 1 saturated heterocycles. The Hall–Kier alpha value is -1.33. The third kappa shape index (κ3) is 3.36. The zero-order valence-electron chi connectivity index (χ0n) is 13.1. The molecule has 0 N–H and O–H groups in total. The van der Waals surface area contributed by atoms with Crippen LogP contribution in [-0.4, -0.2) is 39.8 Å². The molecule has 22 heavy (non-hydrogen) atoms. The maximum absolute atomic E-state index is 12.5. The van der Waals surface area contributed by atoms with Crippen molar-refractivity contribution in [3.63, 3.8) is 0 Å². The molecule has 1 aromatic heterocycles. The van der Waals surface area contributed by atoms with Crippen LogP contribution in [0.15, 0.2) is 34.2 Å². The molecule has 0 radical (unpaired) electrons. The van der Waals surface area contributed by atoms with E-state index in [9.17, 15) is 4.79 Å². The Bertz CT molecular complexity index is 692. The zero-order chi connectivity index (χ0) is 15.4. The van der Waals surface area contributed by atoms with Crippen molar-refractivity contribution < 1.29 is 0 Å². The van der Waals surface area contributed by atoms with Crippen LogP contribution in [0.2, 0.25) is 0 Å². The summed E-state index contributed by atoms with van der Waals surface area (Å²) in [5.41, 5.74) is 0.881. The number of para-hydroxylation sites is 1. The standard InChI is InChI=1S/C17H23N3OS/c1-2-20-16(21)14-8-4-5-9-15(14)18-17(20)22-13-12-19-10-6-3-7-11-19/h4-5,8-9H,2-3,6-7,10-13H2,1H3. The van der Waals surface area contributed by atoms with Crippen LogP contribution in [0.25, 0.3) is 10.9 Å². The minimum atomic E-state index is 0.0774. The third-order valence-electron chi connectivity index (χ3n) is 4.23. The van der Waals surface area contributed by atoms with Gasteiger partial charge in [0.15, 0.2) is 5.16 Å². The van der Waals surface area contributed by atoms with Crippen molar-refractivity contribution in [2.24, 2.45) is 0 Å². The summed E-state index contributed by atoms with van der Waals surface area (Å²) in [5, 5.41) is 1.56. The molecule has 2 aromatic rings. The van der Waals surface area contributed by atoms with Gasteiger partial charge in [0.05, 0.1) is 10.9 Å². The van der Waals surface area contributed by atoms with Crippen LogP contribution in [-0.2, 0) is 6.54 Å². The number of hydrogen-bond donors (Lipinski definition) is 0. The first kappa shape index (κ1) is 15.6. The van der Waals surface area contributed by atoms with Gasteiger partial charge < -0.3 is 4.90 Å². The summed E-state index contributed by atoms with van der Waals surface area (Å²) >= 11 is 1.70. The van der Waals surface area contributed by atoms with Crippen molar-refractivity contribution in [1.29, 1.82) is 0 Å². The van der Waals surface area contributed by atoms with Gasteiger partial charge in [-0.2, -0.15) is 0 Å². The molecule has 118 valence electrons. The van der Waals surface area contributed by atoms with E-state index in [-0.39, 0.29) is 5.56 Å². The highest BCUT2D eigenvalue weighted by Gasteiger charge is 2.12. The number of nitrogens with zero attached hydrogens (tertiary/aromatic N) is 3. The Labute approximate surface area is 135 Å². The van der Waals surface area contributed by atoms with E-state index < -0.39 is 0 Å². The molecule has 3 rings (SSSR count). The molecule has 1 aromatic carbocycles. The van der Waals surface area contributed by atoms with E-state index in [1.165, 1.54) is 32.4 Å². The summed E-state index contributed by atoms with van der Waals surface area (Å²) in [5.74, 6) is 0.991. The van der Waals surface area contributed by atoms with E-state index in [0.29, 0.717) is 11.9 Å². The van der Waals surface area contributed by atoms with Crippen molar-refractivity contribution in [2.75, 3.05) is 25.4 Å². The molecule has 1 aliphatic rings. The van der Waals surface area contributed by atoms with Crippen LogP contribution in [0.4, 0.5) is 0 Å². The molecule has 0 bridgehead atoms. The molecule has 0 aliphatic carbocycles. The SMILES string of the molecule is CCn1c(SCCN2CCCCC2)nc2ccccc2c1=O. The lowest BCUT2D eigenvalue weighted by Crippen LogP contribution is -2.31. The number of piperidine rings is 1. The van der Waals surface area contributed by atoms with Gasteiger partial charge in [0, 0.05) is 18.8 Å². The highest BCUT2D eigenvalue weighted by Crippen LogP contribution is 2.18. The summed E-state index contributed by atoms with van der Waals surface area (Å²) in [4.78, 5) is 19.8. The maximum Gasteiger partial charge on any atom is 0.262 e. The third-order valence-corrected chi connectivity index (χ3v) is 5.19. The number of thioether (sulfide) groups is 1. The first-order valence-electron chi connectivity index (χ1n) is 8.14. The molecule has 5 heteroatoms. The van der Waals surface area contributed by atoms with Gasteiger partial charge in [0.25, 0.3) is 5.56 Å². The van der Waals surface area contributed by atoms with Crippen molar-refractivity contribution >= 4 is 22.7 Å².